The molecule has 0 unspecified atom stereocenters. The van der Waals surface area contributed by atoms with Crippen LogP contribution in [0.25, 0.3) is 0 Å². The normalized spacial score (nSPS) is 10.4. The Morgan fingerprint density at radius 3 is 2.38 bits per heavy atom. The molecule has 0 heterocycles. The van der Waals surface area contributed by atoms with Crippen molar-refractivity contribution in [1.29, 1.82) is 0 Å². The van der Waals surface area contributed by atoms with E-state index in [0.29, 0.717) is 6.54 Å². The van der Waals surface area contributed by atoms with Gasteiger partial charge in [0.25, 0.3) is 0 Å². The minimum atomic E-state index is 0.573. The smallest absolute Gasteiger partial charge is 0.0417 e. The lowest BCUT2D eigenvalue weighted by atomic mass is 10.2. The Labute approximate surface area is 105 Å². The maximum absolute atomic E-state index is 5.94. The summed E-state index contributed by atoms with van der Waals surface area (Å²) in [4.78, 5) is 2.33. The number of hydrogen-bond acceptors (Lipinski definition) is 2. The molecule has 3 heteroatoms. The third-order valence-electron chi connectivity index (χ3n) is 2.17. The zero-order valence-corrected chi connectivity index (χ0v) is 10.3. The molecule has 0 saturated carbocycles. The highest BCUT2D eigenvalue weighted by Crippen LogP contribution is 2.29. The van der Waals surface area contributed by atoms with Crippen molar-refractivity contribution in [2.45, 2.75) is 16.3 Å². The van der Waals surface area contributed by atoms with E-state index in [1.54, 1.807) is 11.8 Å². The van der Waals surface area contributed by atoms with Gasteiger partial charge in [-0.3, -0.25) is 0 Å². The fourth-order valence-corrected chi connectivity index (χ4v) is 2.62. The first-order valence-electron chi connectivity index (χ1n) is 5.00. The van der Waals surface area contributed by atoms with Gasteiger partial charge >= 0.3 is 0 Å². The standard InChI is InChI=1S/C13H12ClNS/c14-11-4-2-6-13(8-11)16-12-5-1-3-10(7-12)9-15/h1-8H,9,15H2. The van der Waals surface area contributed by atoms with E-state index < -0.39 is 0 Å². The second-order valence-corrected chi connectivity index (χ2v) is 4.99. The number of halogens is 1. The van der Waals surface area contributed by atoms with Crippen molar-refractivity contribution in [2.24, 2.45) is 5.73 Å². The van der Waals surface area contributed by atoms with Crippen LogP contribution in [-0.2, 0) is 6.54 Å². The summed E-state index contributed by atoms with van der Waals surface area (Å²) in [5, 5.41) is 0.764. The molecule has 2 N–H and O–H groups in total. The minimum Gasteiger partial charge on any atom is -0.326 e. The highest BCUT2D eigenvalue weighted by Gasteiger charge is 1.99. The topological polar surface area (TPSA) is 26.0 Å². The predicted octanol–water partition coefficient (Wildman–Crippen LogP) is 3.95. The van der Waals surface area contributed by atoms with Gasteiger partial charge in [-0.05, 0) is 35.9 Å². The summed E-state index contributed by atoms with van der Waals surface area (Å²) in [5.74, 6) is 0. The van der Waals surface area contributed by atoms with Crippen LogP contribution in [0.3, 0.4) is 0 Å². The molecular formula is C13H12ClNS. The average molecular weight is 250 g/mol. The Morgan fingerprint density at radius 2 is 1.69 bits per heavy atom. The summed E-state index contributed by atoms with van der Waals surface area (Å²) < 4.78 is 0. The van der Waals surface area contributed by atoms with Crippen LogP contribution in [0.15, 0.2) is 58.3 Å². The van der Waals surface area contributed by atoms with Crippen molar-refractivity contribution in [3.05, 3.63) is 59.1 Å². The molecule has 2 rings (SSSR count). The van der Waals surface area contributed by atoms with Gasteiger partial charge in [0.1, 0.15) is 0 Å². The highest BCUT2D eigenvalue weighted by atomic mass is 35.5. The Hall–Kier alpha value is -0.960. The molecule has 0 fully saturated rings. The number of rotatable bonds is 3. The maximum atomic E-state index is 5.94. The fraction of sp³-hybridized carbons (Fsp3) is 0.0769. The molecule has 0 aromatic heterocycles. The largest absolute Gasteiger partial charge is 0.326 e. The van der Waals surface area contributed by atoms with E-state index in [-0.39, 0.29) is 0 Å². The SMILES string of the molecule is NCc1cccc(Sc2cccc(Cl)c2)c1. The van der Waals surface area contributed by atoms with Crippen LogP contribution in [0, 0.1) is 0 Å². The second kappa shape index (κ2) is 5.39. The molecule has 2 aromatic rings. The maximum Gasteiger partial charge on any atom is 0.0417 e. The molecule has 0 aliphatic rings. The van der Waals surface area contributed by atoms with Crippen molar-refractivity contribution in [3.63, 3.8) is 0 Å². The lowest BCUT2D eigenvalue weighted by molar-refractivity contribution is 1.06. The zero-order chi connectivity index (χ0) is 11.4. The molecule has 2 aromatic carbocycles. The van der Waals surface area contributed by atoms with Gasteiger partial charge < -0.3 is 5.73 Å². The van der Waals surface area contributed by atoms with Gasteiger partial charge in [-0.2, -0.15) is 0 Å². The summed E-state index contributed by atoms with van der Waals surface area (Å²) >= 11 is 7.63. The van der Waals surface area contributed by atoms with Gasteiger partial charge in [-0.15, -0.1) is 0 Å². The minimum absolute atomic E-state index is 0.573. The fourth-order valence-electron chi connectivity index (χ4n) is 1.40. The molecule has 16 heavy (non-hydrogen) atoms. The third-order valence-corrected chi connectivity index (χ3v) is 3.38. The summed E-state index contributed by atoms with van der Waals surface area (Å²) in [6.45, 7) is 0.573. The van der Waals surface area contributed by atoms with Gasteiger partial charge in [-0.25, -0.2) is 0 Å². The predicted molar refractivity (Wildman–Crippen MR) is 69.9 cm³/mol. The molecule has 0 atom stereocenters. The summed E-state index contributed by atoms with van der Waals surface area (Å²) in [6, 6.07) is 16.1. The van der Waals surface area contributed by atoms with Crippen LogP contribution in [0.4, 0.5) is 0 Å². The van der Waals surface area contributed by atoms with Gasteiger partial charge in [0.2, 0.25) is 0 Å². The Kier molecular flexibility index (Phi) is 3.88. The van der Waals surface area contributed by atoms with Crippen LogP contribution in [0.1, 0.15) is 5.56 Å². The molecule has 0 radical (unpaired) electrons. The quantitative estimate of drug-likeness (QED) is 0.892. The number of benzene rings is 2. The highest BCUT2D eigenvalue weighted by molar-refractivity contribution is 7.99. The Bertz CT molecular complexity index is 485. The summed E-state index contributed by atoms with van der Waals surface area (Å²) in [6.07, 6.45) is 0. The van der Waals surface area contributed by atoms with Crippen molar-refractivity contribution in [3.8, 4) is 0 Å². The van der Waals surface area contributed by atoms with Crippen LogP contribution >= 0.6 is 23.4 Å². The van der Waals surface area contributed by atoms with Crippen molar-refractivity contribution in [2.75, 3.05) is 0 Å². The first-order valence-corrected chi connectivity index (χ1v) is 6.20. The lowest BCUT2D eigenvalue weighted by Gasteiger charge is -2.04. The zero-order valence-electron chi connectivity index (χ0n) is 8.69. The van der Waals surface area contributed by atoms with Crippen molar-refractivity contribution in [1.82, 2.24) is 0 Å². The molecule has 82 valence electrons. The molecule has 0 aliphatic carbocycles. The second-order valence-electron chi connectivity index (χ2n) is 3.41. The molecular weight excluding hydrogens is 238 g/mol. The van der Waals surface area contributed by atoms with E-state index in [1.807, 2.05) is 36.4 Å². The molecule has 0 amide bonds. The monoisotopic (exact) mass is 249 g/mol. The van der Waals surface area contributed by atoms with E-state index in [2.05, 4.69) is 12.1 Å². The van der Waals surface area contributed by atoms with Gasteiger partial charge in [0.15, 0.2) is 0 Å². The first-order chi connectivity index (χ1) is 7.78. The molecule has 0 saturated heterocycles. The first kappa shape index (κ1) is 11.5. The van der Waals surface area contributed by atoms with E-state index in [9.17, 15) is 0 Å². The van der Waals surface area contributed by atoms with Crippen LogP contribution in [0.5, 0.6) is 0 Å². The molecule has 0 bridgehead atoms. The molecule has 0 aliphatic heterocycles. The number of nitrogens with two attached hydrogens (primary N) is 1. The lowest BCUT2D eigenvalue weighted by Crippen LogP contribution is -1.95. The average Bonchev–Trinajstić information content (AvgIpc) is 2.29. The van der Waals surface area contributed by atoms with Gasteiger partial charge in [0, 0.05) is 21.4 Å². The third kappa shape index (κ3) is 3.01. The van der Waals surface area contributed by atoms with E-state index in [4.69, 9.17) is 17.3 Å². The van der Waals surface area contributed by atoms with Crippen LogP contribution in [-0.4, -0.2) is 0 Å². The van der Waals surface area contributed by atoms with Gasteiger partial charge in [0.05, 0.1) is 0 Å². The molecule has 0 spiro atoms. The Morgan fingerprint density at radius 1 is 1.00 bits per heavy atom. The van der Waals surface area contributed by atoms with Crippen molar-refractivity contribution < 1.29 is 0 Å². The van der Waals surface area contributed by atoms with Crippen LogP contribution < -0.4 is 5.73 Å². The summed E-state index contributed by atoms with van der Waals surface area (Å²) in [5.41, 5.74) is 6.75. The summed E-state index contributed by atoms with van der Waals surface area (Å²) in [7, 11) is 0. The van der Waals surface area contributed by atoms with E-state index >= 15 is 0 Å². The Balaban J connectivity index is 2.20. The van der Waals surface area contributed by atoms with E-state index in [0.717, 1.165) is 15.5 Å². The number of hydrogen-bond donors (Lipinski definition) is 1. The van der Waals surface area contributed by atoms with Gasteiger partial charge in [-0.1, -0.05) is 41.6 Å². The van der Waals surface area contributed by atoms with Crippen molar-refractivity contribution >= 4 is 23.4 Å². The van der Waals surface area contributed by atoms with Crippen LogP contribution in [0.2, 0.25) is 5.02 Å². The molecule has 1 nitrogen and oxygen atoms in total. The van der Waals surface area contributed by atoms with E-state index in [1.165, 1.54) is 4.90 Å².